The number of carbonyl (C=O) groups is 3. The fourth-order valence-electron chi connectivity index (χ4n) is 8.58. The number of hydrogen-bond donors (Lipinski definition) is 1. The summed E-state index contributed by atoms with van der Waals surface area (Å²) in [6, 6.07) is 10.1. The highest BCUT2D eigenvalue weighted by Gasteiger charge is 2.70. The zero-order valence-electron chi connectivity index (χ0n) is 25.5. The summed E-state index contributed by atoms with van der Waals surface area (Å²) in [7, 11) is 1.49. The third-order valence-corrected chi connectivity index (χ3v) is 13.0. The third-order valence-electron chi connectivity index (χ3n) is 10.4. The van der Waals surface area contributed by atoms with Crippen molar-refractivity contribution in [3.63, 3.8) is 0 Å². The van der Waals surface area contributed by atoms with Crippen LogP contribution in [0.1, 0.15) is 28.3 Å². The summed E-state index contributed by atoms with van der Waals surface area (Å²) in [6.07, 6.45) is -4.16. The molecule has 1 N–H and O–H groups in total. The molecule has 2 saturated heterocycles. The molecule has 7 atom stereocenters. The molecule has 2 saturated carbocycles. The van der Waals surface area contributed by atoms with Gasteiger partial charge in [-0.1, -0.05) is 29.5 Å². The Labute approximate surface area is 280 Å². The lowest BCUT2D eigenvalue weighted by molar-refractivity contribution is -0.138. The maximum Gasteiger partial charge on any atom is 0.418 e. The van der Waals surface area contributed by atoms with Crippen LogP contribution in [-0.4, -0.2) is 72.9 Å². The molecule has 2 aromatic carbocycles. The Balaban J connectivity index is 1.12. The SMILES string of the molecule is COc1cc([C@@H]2c3sc(=O)[nH]c3S[C@@H]3[C@@H]4C[C@@H]([C@@H]5C(=O)N(c6ccccc6C(F)(F)F)C(=O)[C@@H]45)[C@H]23)ccc1OCC(=O)N1CCOCC1. The molecule has 2 aliphatic carbocycles. The van der Waals surface area contributed by atoms with Gasteiger partial charge in [-0.15, -0.1) is 11.8 Å². The minimum absolute atomic E-state index is 0.151. The van der Waals surface area contributed by atoms with Crippen molar-refractivity contribution in [2.24, 2.45) is 29.6 Å². The number of hydrogen-bond acceptors (Lipinski definition) is 9. The second-order valence-corrected chi connectivity index (χ2v) is 14.9. The van der Waals surface area contributed by atoms with Crippen LogP contribution in [0.3, 0.4) is 0 Å². The number of benzene rings is 2. The van der Waals surface area contributed by atoms with E-state index in [-0.39, 0.29) is 46.3 Å². The van der Waals surface area contributed by atoms with Crippen molar-refractivity contribution in [1.82, 2.24) is 9.88 Å². The van der Waals surface area contributed by atoms with Gasteiger partial charge in [-0.3, -0.25) is 19.2 Å². The number of H-pyrrole nitrogens is 1. The number of aromatic nitrogens is 1. The van der Waals surface area contributed by atoms with Crippen molar-refractivity contribution in [2.75, 3.05) is 44.9 Å². The fraction of sp³-hybridized carbons (Fsp3) is 0.455. The molecule has 10 nitrogen and oxygen atoms in total. The number of para-hydroxylation sites is 1. The van der Waals surface area contributed by atoms with Gasteiger partial charge in [-0.2, -0.15) is 13.2 Å². The summed E-state index contributed by atoms with van der Waals surface area (Å²) in [5.41, 5.74) is -0.646. The molecule has 5 aliphatic rings. The summed E-state index contributed by atoms with van der Waals surface area (Å²) >= 11 is 2.58. The van der Waals surface area contributed by atoms with Gasteiger partial charge >= 0.3 is 11.0 Å². The predicted octanol–water partition coefficient (Wildman–Crippen LogP) is 4.38. The molecule has 4 heterocycles. The number of nitrogens with one attached hydrogen (secondary N) is 1. The predicted molar refractivity (Wildman–Crippen MR) is 168 cm³/mol. The minimum Gasteiger partial charge on any atom is -0.493 e. The maximum atomic E-state index is 14.0. The average molecular weight is 702 g/mol. The number of imide groups is 1. The summed E-state index contributed by atoms with van der Waals surface area (Å²) in [4.78, 5) is 59.2. The Hall–Kier alpha value is -3.82. The van der Waals surface area contributed by atoms with Gasteiger partial charge in [0, 0.05) is 29.1 Å². The van der Waals surface area contributed by atoms with Gasteiger partial charge in [-0.25, -0.2) is 4.90 Å². The van der Waals surface area contributed by atoms with Gasteiger partial charge in [0.15, 0.2) is 18.1 Å². The highest BCUT2D eigenvalue weighted by atomic mass is 32.2. The molecule has 3 aromatic rings. The molecule has 0 unspecified atom stereocenters. The number of amides is 3. The average Bonchev–Trinajstić information content (AvgIpc) is 3.82. The normalized spacial score (nSPS) is 29.1. The second-order valence-electron chi connectivity index (χ2n) is 12.7. The van der Waals surface area contributed by atoms with Gasteiger partial charge in [0.25, 0.3) is 5.91 Å². The van der Waals surface area contributed by atoms with Crippen LogP contribution in [0.25, 0.3) is 0 Å². The van der Waals surface area contributed by atoms with Gasteiger partial charge in [-0.05, 0) is 54.0 Å². The van der Waals surface area contributed by atoms with E-state index in [1.165, 1.54) is 37.1 Å². The first-order chi connectivity index (χ1) is 23.1. The molecule has 15 heteroatoms. The highest BCUT2D eigenvalue weighted by Crippen LogP contribution is 2.69. The van der Waals surface area contributed by atoms with Crippen LogP contribution in [0, 0.1) is 29.6 Å². The summed E-state index contributed by atoms with van der Waals surface area (Å²) in [6.45, 7) is 1.75. The summed E-state index contributed by atoms with van der Waals surface area (Å²) < 4.78 is 58.8. The van der Waals surface area contributed by atoms with Crippen LogP contribution in [0.2, 0.25) is 0 Å². The molecule has 3 amide bonds. The van der Waals surface area contributed by atoms with Crippen molar-refractivity contribution in [3.05, 3.63) is 68.1 Å². The number of fused-ring (bicyclic) bond motifs is 9. The first-order valence-electron chi connectivity index (χ1n) is 15.7. The molecule has 48 heavy (non-hydrogen) atoms. The largest absolute Gasteiger partial charge is 0.493 e. The molecule has 252 valence electrons. The van der Waals surface area contributed by atoms with Crippen molar-refractivity contribution in [3.8, 4) is 11.5 Å². The Bertz CT molecular complexity index is 1870. The monoisotopic (exact) mass is 701 g/mol. The first-order valence-corrected chi connectivity index (χ1v) is 17.4. The molecule has 2 bridgehead atoms. The topological polar surface area (TPSA) is 118 Å². The van der Waals surface area contributed by atoms with E-state index >= 15 is 0 Å². The molecule has 4 fully saturated rings. The number of morpholine rings is 1. The van der Waals surface area contributed by atoms with Gasteiger partial charge in [0.05, 0.1) is 48.4 Å². The summed E-state index contributed by atoms with van der Waals surface area (Å²) in [5.74, 6) is -3.17. The number of methoxy groups -OCH3 is 1. The standard InChI is InChI=1S/C33H30F3N3O7S2/c1-44-21-12-15(6-7-20(21)46-14-22(40)38-8-10-45-11-9-38)23-24-16-13-17(27(24)47-29-28(23)48-32(43)37-29)26-25(16)30(41)39(31(26)42)19-5-3-2-4-18(19)33(34,35)36/h2-7,12,16-17,23-27H,8-11,13-14H2,1H3,(H,37,43)/t16-,17-,23+,24-,25+,26+,27-/m1/s1. The molecule has 0 spiro atoms. The lowest BCUT2D eigenvalue weighted by atomic mass is 9.68. The number of anilines is 1. The van der Waals surface area contributed by atoms with Crippen molar-refractivity contribution < 1.29 is 41.8 Å². The van der Waals surface area contributed by atoms with E-state index in [0.717, 1.165) is 32.7 Å². The minimum atomic E-state index is -4.74. The van der Waals surface area contributed by atoms with Gasteiger partial charge in [0.1, 0.15) is 0 Å². The van der Waals surface area contributed by atoms with Crippen molar-refractivity contribution in [2.45, 2.75) is 28.8 Å². The number of carbonyl (C=O) groups excluding carboxylic acids is 3. The van der Waals surface area contributed by atoms with Crippen LogP contribution in [0.4, 0.5) is 18.9 Å². The number of thiazole rings is 1. The molecule has 8 rings (SSSR count). The first kappa shape index (κ1) is 31.4. The zero-order chi connectivity index (χ0) is 33.5. The Morgan fingerprint density at radius 2 is 1.75 bits per heavy atom. The highest BCUT2D eigenvalue weighted by molar-refractivity contribution is 8.00. The quantitative estimate of drug-likeness (QED) is 0.377. The zero-order valence-corrected chi connectivity index (χ0v) is 27.2. The van der Waals surface area contributed by atoms with Crippen LogP contribution < -0.4 is 19.2 Å². The summed E-state index contributed by atoms with van der Waals surface area (Å²) in [5, 5.41) is 0.549. The van der Waals surface area contributed by atoms with Crippen LogP contribution in [0.5, 0.6) is 11.5 Å². The molecule has 3 aliphatic heterocycles. The number of thioether (sulfide) groups is 1. The number of nitrogens with zero attached hydrogens (tertiary/aromatic N) is 2. The Morgan fingerprint density at radius 1 is 1.02 bits per heavy atom. The number of alkyl halides is 3. The van der Waals surface area contributed by atoms with Crippen LogP contribution in [0.15, 0.2) is 52.3 Å². The molecular formula is C33H30F3N3O7S2. The van der Waals surface area contributed by atoms with Crippen LogP contribution >= 0.6 is 23.1 Å². The number of rotatable bonds is 6. The number of halogens is 3. The lowest BCUT2D eigenvalue weighted by Gasteiger charge is -2.43. The van der Waals surface area contributed by atoms with Crippen LogP contribution in [-0.2, 0) is 25.3 Å². The smallest absolute Gasteiger partial charge is 0.418 e. The van der Waals surface area contributed by atoms with E-state index < -0.39 is 41.1 Å². The van der Waals surface area contributed by atoms with E-state index in [1.807, 2.05) is 12.1 Å². The second kappa shape index (κ2) is 11.7. The molecular weight excluding hydrogens is 672 g/mol. The van der Waals surface area contributed by atoms with E-state index in [4.69, 9.17) is 14.2 Å². The fourth-order valence-corrected chi connectivity index (χ4v) is 11.5. The number of aromatic amines is 1. The van der Waals surface area contributed by atoms with E-state index in [1.54, 1.807) is 11.0 Å². The van der Waals surface area contributed by atoms with Crippen molar-refractivity contribution in [1.29, 1.82) is 0 Å². The van der Waals surface area contributed by atoms with Crippen molar-refractivity contribution >= 4 is 46.5 Å². The van der Waals surface area contributed by atoms with E-state index in [2.05, 4.69) is 4.98 Å². The maximum absolute atomic E-state index is 14.0. The van der Waals surface area contributed by atoms with E-state index in [0.29, 0.717) is 49.2 Å². The number of ether oxygens (including phenoxy) is 3. The Morgan fingerprint density at radius 3 is 2.48 bits per heavy atom. The molecule has 0 radical (unpaired) electrons. The molecule has 1 aromatic heterocycles. The lowest BCUT2D eigenvalue weighted by Crippen LogP contribution is -2.43. The third kappa shape index (κ3) is 4.87. The van der Waals surface area contributed by atoms with E-state index in [9.17, 15) is 32.3 Å². The Kier molecular flexibility index (Phi) is 7.64. The van der Waals surface area contributed by atoms with Gasteiger partial charge < -0.3 is 24.1 Å². The van der Waals surface area contributed by atoms with Gasteiger partial charge in [0.2, 0.25) is 11.8 Å².